The maximum atomic E-state index is 12.4. The number of rotatable bonds is 4. The van der Waals surface area contributed by atoms with Crippen LogP contribution >= 0.6 is 0 Å². The number of ether oxygens (including phenoxy) is 1. The van der Waals surface area contributed by atoms with Gasteiger partial charge in [0.2, 0.25) is 5.91 Å². The maximum Gasteiger partial charge on any atom is 0.408 e. The molecule has 8 nitrogen and oxygen atoms in total. The van der Waals surface area contributed by atoms with Crippen LogP contribution in [0.4, 0.5) is 4.79 Å². The molecule has 0 radical (unpaired) electrons. The Morgan fingerprint density at radius 2 is 2.09 bits per heavy atom. The lowest BCUT2D eigenvalue weighted by molar-refractivity contribution is -0.142. The van der Waals surface area contributed by atoms with E-state index < -0.39 is 42.1 Å². The van der Waals surface area contributed by atoms with Crippen LogP contribution in [-0.4, -0.2) is 52.2 Å². The second-order valence-electron chi connectivity index (χ2n) is 6.12. The molecule has 1 saturated heterocycles. The number of carboxylic acids is 1. The molecule has 1 unspecified atom stereocenters. The monoisotopic (exact) mass is 311 g/mol. The fourth-order valence-electron chi connectivity index (χ4n) is 2.19. The molecule has 8 heteroatoms. The van der Waals surface area contributed by atoms with Crippen molar-refractivity contribution in [3.63, 3.8) is 0 Å². The van der Waals surface area contributed by atoms with Crippen molar-refractivity contribution in [3.05, 3.63) is 0 Å². The molecule has 0 aromatic rings. The highest BCUT2D eigenvalue weighted by Crippen LogP contribution is 2.18. The summed E-state index contributed by atoms with van der Waals surface area (Å²) in [7, 11) is 0. The van der Waals surface area contributed by atoms with Crippen LogP contribution in [0.5, 0.6) is 0 Å². The van der Waals surface area contributed by atoms with E-state index in [1.165, 1.54) is 4.90 Å². The van der Waals surface area contributed by atoms with Gasteiger partial charge in [-0.1, -0.05) is 0 Å². The number of carbonyl (C=O) groups excluding carboxylic acids is 2. The summed E-state index contributed by atoms with van der Waals surface area (Å²) >= 11 is 0. The van der Waals surface area contributed by atoms with Crippen molar-refractivity contribution in [3.8, 4) is 6.07 Å². The van der Waals surface area contributed by atoms with Gasteiger partial charge in [0, 0.05) is 6.54 Å². The fourth-order valence-corrected chi connectivity index (χ4v) is 2.19. The van der Waals surface area contributed by atoms with E-state index >= 15 is 0 Å². The lowest BCUT2D eigenvalue weighted by Gasteiger charge is -2.27. The van der Waals surface area contributed by atoms with Crippen molar-refractivity contribution in [2.75, 3.05) is 6.54 Å². The van der Waals surface area contributed by atoms with E-state index in [4.69, 9.17) is 15.1 Å². The third-order valence-corrected chi connectivity index (χ3v) is 3.05. The summed E-state index contributed by atoms with van der Waals surface area (Å²) in [5, 5.41) is 20.2. The van der Waals surface area contributed by atoms with Crippen molar-refractivity contribution < 1.29 is 24.2 Å². The smallest absolute Gasteiger partial charge is 0.408 e. The van der Waals surface area contributed by atoms with Crippen LogP contribution < -0.4 is 5.32 Å². The molecular weight excluding hydrogens is 290 g/mol. The predicted octanol–water partition coefficient (Wildman–Crippen LogP) is 0.869. The Hall–Kier alpha value is -2.30. The van der Waals surface area contributed by atoms with Crippen LogP contribution in [0.2, 0.25) is 0 Å². The van der Waals surface area contributed by atoms with Gasteiger partial charge in [-0.05, 0) is 33.6 Å². The number of hydrogen-bond acceptors (Lipinski definition) is 5. The molecule has 0 bridgehead atoms. The number of hydrogen-bond donors (Lipinski definition) is 2. The fraction of sp³-hybridized carbons (Fsp3) is 0.714. The highest BCUT2D eigenvalue weighted by molar-refractivity contribution is 5.89. The molecule has 1 heterocycles. The van der Waals surface area contributed by atoms with Gasteiger partial charge in [0.15, 0.2) is 0 Å². The number of aliphatic carboxylic acids is 1. The Morgan fingerprint density at radius 1 is 1.45 bits per heavy atom. The highest BCUT2D eigenvalue weighted by Gasteiger charge is 2.35. The Balaban J connectivity index is 2.80. The SMILES string of the molecule is CC(C)(C)OC(=O)NC(CC(=O)O)C(=O)N1CCC[C@H]1C#N. The van der Waals surface area contributed by atoms with Gasteiger partial charge in [0.1, 0.15) is 17.7 Å². The Bertz CT molecular complexity index is 492. The third kappa shape index (κ3) is 5.24. The zero-order valence-corrected chi connectivity index (χ0v) is 13.0. The summed E-state index contributed by atoms with van der Waals surface area (Å²) < 4.78 is 5.04. The zero-order valence-electron chi connectivity index (χ0n) is 13.0. The number of alkyl carbamates (subject to hydrolysis) is 1. The number of nitriles is 1. The summed E-state index contributed by atoms with van der Waals surface area (Å²) in [5.74, 6) is -1.79. The molecule has 0 aromatic heterocycles. The zero-order chi connectivity index (χ0) is 16.9. The Morgan fingerprint density at radius 3 is 2.59 bits per heavy atom. The van der Waals surface area contributed by atoms with E-state index in [1.807, 2.05) is 6.07 Å². The second-order valence-corrected chi connectivity index (χ2v) is 6.12. The summed E-state index contributed by atoms with van der Waals surface area (Å²) in [4.78, 5) is 36.4. The molecule has 0 saturated carbocycles. The van der Waals surface area contributed by atoms with Gasteiger partial charge in [0.05, 0.1) is 12.5 Å². The topological polar surface area (TPSA) is 120 Å². The molecule has 1 rings (SSSR count). The minimum absolute atomic E-state index is 0.378. The van der Waals surface area contributed by atoms with E-state index in [2.05, 4.69) is 5.32 Å². The van der Waals surface area contributed by atoms with E-state index in [1.54, 1.807) is 20.8 Å². The molecular formula is C14H21N3O5. The molecule has 2 amide bonds. The summed E-state index contributed by atoms with van der Waals surface area (Å²) in [6.07, 6.45) is -0.197. The van der Waals surface area contributed by atoms with Gasteiger partial charge in [0.25, 0.3) is 0 Å². The molecule has 122 valence electrons. The van der Waals surface area contributed by atoms with Gasteiger partial charge in [-0.2, -0.15) is 5.26 Å². The van der Waals surface area contributed by atoms with Crippen molar-refractivity contribution in [1.82, 2.24) is 10.2 Å². The molecule has 22 heavy (non-hydrogen) atoms. The molecule has 2 atom stereocenters. The number of likely N-dealkylation sites (tertiary alicyclic amines) is 1. The number of nitrogens with one attached hydrogen (secondary N) is 1. The van der Waals surface area contributed by atoms with Crippen LogP contribution in [0.3, 0.4) is 0 Å². The number of carbonyl (C=O) groups is 3. The van der Waals surface area contributed by atoms with E-state index in [9.17, 15) is 14.4 Å². The molecule has 1 aliphatic heterocycles. The van der Waals surface area contributed by atoms with E-state index in [0.717, 1.165) is 0 Å². The first-order valence-electron chi connectivity index (χ1n) is 7.05. The number of amides is 2. The Labute approximate surface area is 129 Å². The van der Waals surface area contributed by atoms with Crippen LogP contribution in [-0.2, 0) is 14.3 Å². The molecule has 2 N–H and O–H groups in total. The van der Waals surface area contributed by atoms with Crippen LogP contribution in [0.15, 0.2) is 0 Å². The second kappa shape index (κ2) is 7.11. The van der Waals surface area contributed by atoms with Gasteiger partial charge in [-0.25, -0.2) is 4.79 Å². The number of nitrogens with zero attached hydrogens (tertiary/aromatic N) is 2. The van der Waals surface area contributed by atoms with Crippen LogP contribution in [0.25, 0.3) is 0 Å². The van der Waals surface area contributed by atoms with Crippen molar-refractivity contribution in [2.45, 2.75) is 57.7 Å². The van der Waals surface area contributed by atoms with Crippen LogP contribution in [0, 0.1) is 11.3 Å². The standard InChI is InChI=1S/C14H21N3O5/c1-14(2,3)22-13(21)16-10(7-11(18)19)12(20)17-6-4-5-9(17)8-15/h9-10H,4-7H2,1-3H3,(H,16,21)(H,18,19)/t9-,10?/m0/s1. The molecule has 0 spiro atoms. The molecule has 0 aromatic carbocycles. The van der Waals surface area contributed by atoms with E-state index in [0.29, 0.717) is 19.4 Å². The number of carboxylic acid groups (broad SMARTS) is 1. The predicted molar refractivity (Wildman–Crippen MR) is 75.8 cm³/mol. The third-order valence-electron chi connectivity index (χ3n) is 3.05. The average Bonchev–Trinajstić information content (AvgIpc) is 2.82. The largest absolute Gasteiger partial charge is 0.481 e. The summed E-state index contributed by atoms with van der Waals surface area (Å²) in [6, 6.07) is 0.180. The van der Waals surface area contributed by atoms with Crippen LogP contribution in [0.1, 0.15) is 40.0 Å². The first kappa shape index (κ1) is 17.8. The molecule has 1 aliphatic rings. The minimum atomic E-state index is -1.25. The van der Waals surface area contributed by atoms with Crippen molar-refractivity contribution >= 4 is 18.0 Å². The van der Waals surface area contributed by atoms with Gasteiger partial charge < -0.3 is 20.1 Å². The van der Waals surface area contributed by atoms with Gasteiger partial charge in [-0.3, -0.25) is 9.59 Å². The summed E-state index contributed by atoms with van der Waals surface area (Å²) in [5.41, 5.74) is -0.760. The Kier molecular flexibility index (Phi) is 5.74. The normalized spacial score (nSPS) is 19.2. The lowest BCUT2D eigenvalue weighted by Crippen LogP contribution is -2.51. The van der Waals surface area contributed by atoms with E-state index in [-0.39, 0.29) is 0 Å². The van der Waals surface area contributed by atoms with Crippen molar-refractivity contribution in [2.24, 2.45) is 0 Å². The molecule has 1 fully saturated rings. The maximum absolute atomic E-state index is 12.4. The minimum Gasteiger partial charge on any atom is -0.481 e. The quantitative estimate of drug-likeness (QED) is 0.795. The molecule has 0 aliphatic carbocycles. The first-order valence-corrected chi connectivity index (χ1v) is 7.05. The highest BCUT2D eigenvalue weighted by atomic mass is 16.6. The lowest BCUT2D eigenvalue weighted by atomic mass is 10.1. The van der Waals surface area contributed by atoms with Gasteiger partial charge in [-0.15, -0.1) is 0 Å². The van der Waals surface area contributed by atoms with Crippen molar-refractivity contribution in [1.29, 1.82) is 5.26 Å². The average molecular weight is 311 g/mol. The van der Waals surface area contributed by atoms with Gasteiger partial charge >= 0.3 is 12.1 Å². The first-order chi connectivity index (χ1) is 10.1. The summed E-state index contributed by atoms with van der Waals surface area (Å²) in [6.45, 7) is 5.36.